The van der Waals surface area contributed by atoms with E-state index in [0.29, 0.717) is 18.8 Å². The summed E-state index contributed by atoms with van der Waals surface area (Å²) in [6.07, 6.45) is 3.91. The molecule has 0 spiro atoms. The fraction of sp³-hybridized carbons (Fsp3) is 0.375. The van der Waals surface area contributed by atoms with Gasteiger partial charge in [-0.1, -0.05) is 12.1 Å². The highest BCUT2D eigenvalue weighted by atomic mass is 16.5. The van der Waals surface area contributed by atoms with Crippen molar-refractivity contribution in [3.63, 3.8) is 0 Å². The molecule has 1 aromatic carbocycles. The Balaban J connectivity index is 1.66. The van der Waals surface area contributed by atoms with Crippen LogP contribution in [0.2, 0.25) is 0 Å². The quantitative estimate of drug-likeness (QED) is 0.438. The van der Waals surface area contributed by atoms with Gasteiger partial charge in [0.2, 0.25) is 0 Å². The summed E-state index contributed by atoms with van der Waals surface area (Å²) >= 11 is 0. The van der Waals surface area contributed by atoms with Crippen LogP contribution in [0.5, 0.6) is 5.75 Å². The van der Waals surface area contributed by atoms with Gasteiger partial charge in [-0.2, -0.15) is 5.10 Å². The first kappa shape index (κ1) is 22.6. The van der Waals surface area contributed by atoms with Gasteiger partial charge in [0, 0.05) is 55.5 Å². The van der Waals surface area contributed by atoms with E-state index >= 15 is 0 Å². The molecule has 4 rings (SSSR count). The largest absolute Gasteiger partial charge is 0.496 e. The van der Waals surface area contributed by atoms with Gasteiger partial charge in [-0.3, -0.25) is 0 Å². The Morgan fingerprint density at radius 1 is 1.09 bits per heavy atom. The third-order valence-corrected chi connectivity index (χ3v) is 5.58. The molecule has 3 aromatic heterocycles. The SMILES string of the molecule is COc1cc(-c2ncnn2C)ccc1Cc1ncc2cc(C)nc(NCC(C)(C)OC)c2n1. The molecule has 9 heteroatoms. The van der Waals surface area contributed by atoms with Gasteiger partial charge in [0.25, 0.3) is 0 Å². The highest BCUT2D eigenvalue weighted by molar-refractivity contribution is 5.88. The Morgan fingerprint density at radius 2 is 1.91 bits per heavy atom. The van der Waals surface area contributed by atoms with Crippen molar-refractivity contribution in [2.24, 2.45) is 7.05 Å². The molecule has 0 aliphatic rings. The van der Waals surface area contributed by atoms with Crippen LogP contribution in [0, 0.1) is 6.92 Å². The van der Waals surface area contributed by atoms with Crippen LogP contribution in [-0.2, 0) is 18.2 Å². The monoisotopic (exact) mass is 447 g/mol. The van der Waals surface area contributed by atoms with E-state index < -0.39 is 0 Å². The van der Waals surface area contributed by atoms with Crippen molar-refractivity contribution in [2.75, 3.05) is 26.1 Å². The normalized spacial score (nSPS) is 11.7. The van der Waals surface area contributed by atoms with Crippen LogP contribution in [0.4, 0.5) is 5.82 Å². The molecule has 0 saturated carbocycles. The van der Waals surface area contributed by atoms with E-state index in [-0.39, 0.29) is 5.60 Å². The lowest BCUT2D eigenvalue weighted by Crippen LogP contribution is -2.32. The molecular formula is C24H29N7O2. The van der Waals surface area contributed by atoms with Crippen LogP contribution in [0.15, 0.2) is 36.8 Å². The molecule has 0 atom stereocenters. The minimum Gasteiger partial charge on any atom is -0.496 e. The van der Waals surface area contributed by atoms with Crippen molar-refractivity contribution in [2.45, 2.75) is 32.8 Å². The van der Waals surface area contributed by atoms with E-state index in [0.717, 1.165) is 45.1 Å². The molecule has 0 fully saturated rings. The molecule has 33 heavy (non-hydrogen) atoms. The second-order valence-corrected chi connectivity index (χ2v) is 8.56. The fourth-order valence-electron chi connectivity index (χ4n) is 3.54. The maximum atomic E-state index is 5.66. The minimum absolute atomic E-state index is 0.328. The van der Waals surface area contributed by atoms with E-state index in [9.17, 15) is 0 Å². The predicted octanol–water partition coefficient (Wildman–Crippen LogP) is 3.57. The summed E-state index contributed by atoms with van der Waals surface area (Å²) in [4.78, 5) is 18.4. The van der Waals surface area contributed by atoms with Crippen molar-refractivity contribution in [3.05, 3.63) is 53.9 Å². The Labute approximate surface area is 193 Å². The minimum atomic E-state index is -0.328. The van der Waals surface area contributed by atoms with Gasteiger partial charge in [0.05, 0.1) is 12.7 Å². The lowest BCUT2D eigenvalue weighted by atomic mass is 10.1. The topological polar surface area (TPSA) is 99.9 Å². The molecule has 0 amide bonds. The van der Waals surface area contributed by atoms with Crippen molar-refractivity contribution in [1.82, 2.24) is 29.7 Å². The van der Waals surface area contributed by atoms with Crippen molar-refractivity contribution < 1.29 is 9.47 Å². The average Bonchev–Trinajstić information content (AvgIpc) is 3.23. The van der Waals surface area contributed by atoms with Gasteiger partial charge in [-0.05, 0) is 32.9 Å². The zero-order chi connectivity index (χ0) is 23.6. The van der Waals surface area contributed by atoms with E-state index in [2.05, 4.69) is 25.4 Å². The number of aromatic nitrogens is 6. The van der Waals surface area contributed by atoms with Crippen LogP contribution >= 0.6 is 0 Å². The molecule has 0 bridgehead atoms. The number of anilines is 1. The van der Waals surface area contributed by atoms with Crippen LogP contribution in [0.3, 0.4) is 0 Å². The maximum Gasteiger partial charge on any atom is 0.157 e. The molecule has 3 heterocycles. The van der Waals surface area contributed by atoms with Crippen molar-refractivity contribution >= 4 is 16.7 Å². The predicted molar refractivity (Wildman–Crippen MR) is 127 cm³/mol. The lowest BCUT2D eigenvalue weighted by Gasteiger charge is -2.23. The number of rotatable bonds is 8. The first-order valence-corrected chi connectivity index (χ1v) is 10.7. The standard InChI is InChI=1S/C24H29N7O2/c1-15-9-18-12-25-20(30-21(18)22(29-15)26-13-24(2,3)33-6)11-16-7-8-17(10-19(16)32-5)23-27-14-28-31(23)4/h7-10,12,14H,11,13H2,1-6H3,(H,26,29). The van der Waals surface area contributed by atoms with Gasteiger partial charge in [0.15, 0.2) is 11.6 Å². The Morgan fingerprint density at radius 3 is 2.61 bits per heavy atom. The van der Waals surface area contributed by atoms with E-state index in [1.165, 1.54) is 6.33 Å². The number of aryl methyl sites for hydroxylation is 2. The van der Waals surface area contributed by atoms with Gasteiger partial charge < -0.3 is 14.8 Å². The lowest BCUT2D eigenvalue weighted by molar-refractivity contribution is 0.0343. The number of methoxy groups -OCH3 is 2. The van der Waals surface area contributed by atoms with Crippen LogP contribution in [-0.4, -0.2) is 56.1 Å². The molecule has 0 unspecified atom stereocenters. The average molecular weight is 448 g/mol. The summed E-state index contributed by atoms with van der Waals surface area (Å²) in [7, 11) is 5.22. The Hall–Kier alpha value is -3.59. The Kier molecular flexibility index (Phi) is 6.24. The second kappa shape index (κ2) is 9.11. The van der Waals surface area contributed by atoms with E-state index in [1.54, 1.807) is 18.9 Å². The summed E-state index contributed by atoms with van der Waals surface area (Å²) in [5.74, 6) is 2.94. The highest BCUT2D eigenvalue weighted by Gasteiger charge is 2.18. The highest BCUT2D eigenvalue weighted by Crippen LogP contribution is 2.28. The molecule has 172 valence electrons. The molecule has 4 aromatic rings. The molecule has 9 nitrogen and oxygen atoms in total. The van der Waals surface area contributed by atoms with Gasteiger partial charge in [0.1, 0.15) is 23.4 Å². The molecule has 0 aliphatic heterocycles. The second-order valence-electron chi connectivity index (χ2n) is 8.56. The van der Waals surface area contributed by atoms with Crippen molar-refractivity contribution in [1.29, 1.82) is 0 Å². The summed E-state index contributed by atoms with van der Waals surface area (Å²) < 4.78 is 12.9. The number of nitrogens with one attached hydrogen (secondary N) is 1. The molecule has 0 radical (unpaired) electrons. The molecule has 1 N–H and O–H groups in total. The third kappa shape index (κ3) is 4.93. The molecular weight excluding hydrogens is 418 g/mol. The number of hydrogen-bond donors (Lipinski definition) is 1. The summed E-state index contributed by atoms with van der Waals surface area (Å²) in [5, 5.41) is 8.48. The van der Waals surface area contributed by atoms with Gasteiger partial charge >= 0.3 is 0 Å². The number of pyridine rings is 1. The van der Waals surface area contributed by atoms with E-state index in [1.807, 2.05) is 58.3 Å². The molecule has 0 aliphatic carbocycles. The third-order valence-electron chi connectivity index (χ3n) is 5.58. The zero-order valence-electron chi connectivity index (χ0n) is 19.9. The van der Waals surface area contributed by atoms with Crippen LogP contribution in [0.25, 0.3) is 22.3 Å². The Bertz CT molecular complexity index is 1280. The first-order chi connectivity index (χ1) is 15.8. The van der Waals surface area contributed by atoms with Crippen LogP contribution < -0.4 is 10.1 Å². The number of nitrogens with zero attached hydrogens (tertiary/aromatic N) is 6. The maximum absolute atomic E-state index is 5.66. The summed E-state index contributed by atoms with van der Waals surface area (Å²) in [5.41, 5.74) is 3.27. The van der Waals surface area contributed by atoms with Gasteiger partial charge in [-0.15, -0.1) is 0 Å². The first-order valence-electron chi connectivity index (χ1n) is 10.7. The number of fused-ring (bicyclic) bond motifs is 1. The van der Waals surface area contributed by atoms with Crippen molar-refractivity contribution in [3.8, 4) is 17.1 Å². The number of ether oxygens (including phenoxy) is 2. The zero-order valence-corrected chi connectivity index (χ0v) is 19.9. The summed E-state index contributed by atoms with van der Waals surface area (Å²) in [6.45, 7) is 6.61. The number of benzene rings is 1. The van der Waals surface area contributed by atoms with Crippen LogP contribution in [0.1, 0.15) is 30.9 Å². The van der Waals surface area contributed by atoms with Gasteiger partial charge in [-0.25, -0.2) is 24.6 Å². The summed E-state index contributed by atoms with van der Waals surface area (Å²) in [6, 6.07) is 7.98. The number of hydrogen-bond acceptors (Lipinski definition) is 8. The molecule has 0 saturated heterocycles. The fourth-order valence-corrected chi connectivity index (χ4v) is 3.54. The van der Waals surface area contributed by atoms with E-state index in [4.69, 9.17) is 14.5 Å². The smallest absolute Gasteiger partial charge is 0.157 e.